The SMILES string of the molecule is COc1ccc(Cl)cc1NC(=O)C(=O)NCc1ccc(-c2cccs2)o1. The third-order valence-electron chi connectivity index (χ3n) is 3.46. The number of furan rings is 1. The molecule has 0 aliphatic carbocycles. The number of benzene rings is 1. The summed E-state index contributed by atoms with van der Waals surface area (Å²) in [5.74, 6) is 0.0612. The highest BCUT2D eigenvalue weighted by molar-refractivity contribution is 7.13. The van der Waals surface area contributed by atoms with Crippen LogP contribution in [0.4, 0.5) is 5.69 Å². The number of methoxy groups -OCH3 is 1. The molecule has 26 heavy (non-hydrogen) atoms. The van der Waals surface area contributed by atoms with Crippen molar-refractivity contribution in [2.24, 2.45) is 0 Å². The molecular formula is C18H15ClN2O4S. The van der Waals surface area contributed by atoms with Crippen molar-refractivity contribution in [2.75, 3.05) is 12.4 Å². The van der Waals surface area contributed by atoms with Crippen molar-refractivity contribution in [3.63, 3.8) is 0 Å². The normalized spacial score (nSPS) is 10.4. The molecule has 2 amide bonds. The molecule has 1 aromatic carbocycles. The molecule has 0 saturated carbocycles. The van der Waals surface area contributed by atoms with Crippen LogP contribution in [0.3, 0.4) is 0 Å². The summed E-state index contributed by atoms with van der Waals surface area (Å²) in [7, 11) is 1.46. The quantitative estimate of drug-likeness (QED) is 0.647. The molecule has 3 rings (SSSR count). The van der Waals surface area contributed by atoms with Gasteiger partial charge in [-0.05, 0) is 41.8 Å². The van der Waals surface area contributed by atoms with Crippen molar-refractivity contribution in [2.45, 2.75) is 6.54 Å². The summed E-state index contributed by atoms with van der Waals surface area (Å²) in [5, 5.41) is 7.36. The molecule has 0 atom stereocenters. The smallest absolute Gasteiger partial charge is 0.313 e. The van der Waals surface area contributed by atoms with Crippen LogP contribution in [0.2, 0.25) is 5.02 Å². The van der Waals surface area contributed by atoms with Gasteiger partial charge in [0.15, 0.2) is 0 Å². The standard InChI is InChI=1S/C18H15ClN2O4S/c1-24-14-6-4-11(19)9-13(14)21-18(23)17(22)20-10-12-5-7-15(25-12)16-3-2-8-26-16/h2-9H,10H2,1H3,(H,20,22)(H,21,23). The van der Waals surface area contributed by atoms with E-state index in [0.717, 1.165) is 10.6 Å². The molecular weight excluding hydrogens is 376 g/mol. The van der Waals surface area contributed by atoms with Gasteiger partial charge in [-0.1, -0.05) is 17.7 Å². The van der Waals surface area contributed by atoms with Crippen molar-refractivity contribution in [3.05, 3.63) is 58.6 Å². The van der Waals surface area contributed by atoms with Gasteiger partial charge in [0.1, 0.15) is 17.3 Å². The number of thiophene rings is 1. The maximum absolute atomic E-state index is 12.1. The first-order valence-electron chi connectivity index (χ1n) is 7.62. The molecule has 2 N–H and O–H groups in total. The molecule has 0 aliphatic rings. The van der Waals surface area contributed by atoms with E-state index in [1.165, 1.54) is 13.2 Å². The van der Waals surface area contributed by atoms with Gasteiger partial charge in [-0.25, -0.2) is 0 Å². The third kappa shape index (κ3) is 4.25. The zero-order chi connectivity index (χ0) is 18.5. The number of ether oxygens (including phenoxy) is 1. The summed E-state index contributed by atoms with van der Waals surface area (Å²) in [6.45, 7) is 0.101. The van der Waals surface area contributed by atoms with Gasteiger partial charge >= 0.3 is 11.8 Å². The molecule has 134 valence electrons. The summed E-state index contributed by atoms with van der Waals surface area (Å²) in [6.07, 6.45) is 0. The molecule has 0 fully saturated rings. The Bertz CT molecular complexity index is 921. The number of carbonyl (C=O) groups excluding carboxylic acids is 2. The second-order valence-corrected chi connectivity index (χ2v) is 6.61. The molecule has 0 unspecified atom stereocenters. The summed E-state index contributed by atoms with van der Waals surface area (Å²) in [4.78, 5) is 25.1. The predicted octanol–water partition coefficient (Wildman–Crippen LogP) is 3.93. The zero-order valence-electron chi connectivity index (χ0n) is 13.7. The van der Waals surface area contributed by atoms with E-state index in [2.05, 4.69) is 10.6 Å². The topological polar surface area (TPSA) is 80.6 Å². The van der Waals surface area contributed by atoms with Crippen LogP contribution in [0.1, 0.15) is 5.76 Å². The zero-order valence-corrected chi connectivity index (χ0v) is 15.3. The van der Waals surface area contributed by atoms with Crippen LogP contribution in [0.15, 0.2) is 52.3 Å². The summed E-state index contributed by atoms with van der Waals surface area (Å²) in [6, 6.07) is 12.2. The Morgan fingerprint density at radius 2 is 2.04 bits per heavy atom. The van der Waals surface area contributed by atoms with Crippen molar-refractivity contribution in [3.8, 4) is 16.4 Å². The van der Waals surface area contributed by atoms with Crippen molar-refractivity contribution in [1.82, 2.24) is 5.32 Å². The monoisotopic (exact) mass is 390 g/mol. The molecule has 0 bridgehead atoms. The second kappa shape index (κ2) is 8.07. The largest absolute Gasteiger partial charge is 0.495 e. The van der Waals surface area contributed by atoms with E-state index in [0.29, 0.717) is 22.2 Å². The molecule has 8 heteroatoms. The van der Waals surface area contributed by atoms with Crippen LogP contribution >= 0.6 is 22.9 Å². The van der Waals surface area contributed by atoms with E-state index >= 15 is 0 Å². The van der Waals surface area contributed by atoms with Gasteiger partial charge in [-0.2, -0.15) is 0 Å². The summed E-state index contributed by atoms with van der Waals surface area (Å²) in [5.41, 5.74) is 0.318. The minimum atomic E-state index is -0.824. The molecule has 0 saturated heterocycles. The highest BCUT2D eigenvalue weighted by atomic mass is 35.5. The lowest BCUT2D eigenvalue weighted by Crippen LogP contribution is -2.34. The molecule has 3 aromatic rings. The Morgan fingerprint density at radius 3 is 2.77 bits per heavy atom. The van der Waals surface area contributed by atoms with Crippen LogP contribution < -0.4 is 15.4 Å². The lowest BCUT2D eigenvalue weighted by molar-refractivity contribution is -0.136. The lowest BCUT2D eigenvalue weighted by Gasteiger charge is -2.10. The van der Waals surface area contributed by atoms with Crippen molar-refractivity contribution >= 4 is 40.4 Å². The van der Waals surface area contributed by atoms with Gasteiger partial charge in [0, 0.05) is 5.02 Å². The van der Waals surface area contributed by atoms with E-state index < -0.39 is 11.8 Å². The Morgan fingerprint density at radius 1 is 1.19 bits per heavy atom. The Hall–Kier alpha value is -2.77. The average molecular weight is 391 g/mol. The van der Waals surface area contributed by atoms with Gasteiger partial charge in [-0.3, -0.25) is 9.59 Å². The highest BCUT2D eigenvalue weighted by Crippen LogP contribution is 2.28. The van der Waals surface area contributed by atoms with Crippen LogP contribution in [0.5, 0.6) is 5.75 Å². The van der Waals surface area contributed by atoms with Crippen LogP contribution in [0.25, 0.3) is 10.6 Å². The fourth-order valence-corrected chi connectivity index (χ4v) is 3.09. The van der Waals surface area contributed by atoms with E-state index in [-0.39, 0.29) is 6.54 Å². The van der Waals surface area contributed by atoms with Crippen LogP contribution in [0, 0.1) is 0 Å². The summed E-state index contributed by atoms with van der Waals surface area (Å²) >= 11 is 7.46. The van der Waals surface area contributed by atoms with Gasteiger partial charge in [0.25, 0.3) is 0 Å². The predicted molar refractivity (Wildman–Crippen MR) is 101 cm³/mol. The number of hydrogen-bond donors (Lipinski definition) is 2. The lowest BCUT2D eigenvalue weighted by atomic mass is 10.3. The Balaban J connectivity index is 1.58. The van der Waals surface area contributed by atoms with Gasteiger partial charge < -0.3 is 19.8 Å². The number of anilines is 1. The first-order valence-corrected chi connectivity index (χ1v) is 8.88. The number of carbonyl (C=O) groups is 2. The van der Waals surface area contributed by atoms with Gasteiger partial charge in [0.2, 0.25) is 0 Å². The number of nitrogens with one attached hydrogen (secondary N) is 2. The van der Waals surface area contributed by atoms with Crippen molar-refractivity contribution in [1.29, 1.82) is 0 Å². The molecule has 2 heterocycles. The minimum absolute atomic E-state index is 0.101. The van der Waals surface area contributed by atoms with Gasteiger partial charge in [-0.15, -0.1) is 11.3 Å². The molecule has 6 nitrogen and oxygen atoms in total. The Kier molecular flexibility index (Phi) is 5.60. The van der Waals surface area contributed by atoms with E-state index in [4.69, 9.17) is 20.8 Å². The number of rotatable bonds is 5. The van der Waals surface area contributed by atoms with E-state index in [1.54, 1.807) is 29.5 Å². The third-order valence-corrected chi connectivity index (χ3v) is 4.58. The van der Waals surface area contributed by atoms with E-state index in [9.17, 15) is 9.59 Å². The first kappa shape index (κ1) is 18.0. The number of amides is 2. The van der Waals surface area contributed by atoms with Gasteiger partial charge in [0.05, 0.1) is 24.2 Å². The molecule has 0 radical (unpaired) electrons. The molecule has 0 aliphatic heterocycles. The molecule has 0 spiro atoms. The average Bonchev–Trinajstić information content (AvgIpc) is 3.31. The Labute approximate surface area is 158 Å². The maximum Gasteiger partial charge on any atom is 0.313 e. The summed E-state index contributed by atoms with van der Waals surface area (Å²) < 4.78 is 10.8. The van der Waals surface area contributed by atoms with E-state index in [1.807, 2.05) is 23.6 Å². The fraction of sp³-hybridized carbons (Fsp3) is 0.111. The minimum Gasteiger partial charge on any atom is -0.495 e. The fourth-order valence-electron chi connectivity index (χ4n) is 2.23. The van der Waals surface area contributed by atoms with Crippen molar-refractivity contribution < 1.29 is 18.7 Å². The number of halogens is 1. The number of hydrogen-bond acceptors (Lipinski definition) is 5. The van der Waals surface area contributed by atoms with Crippen LogP contribution in [-0.2, 0) is 16.1 Å². The molecule has 2 aromatic heterocycles. The highest BCUT2D eigenvalue weighted by Gasteiger charge is 2.16. The van der Waals surface area contributed by atoms with Crippen LogP contribution in [-0.4, -0.2) is 18.9 Å². The maximum atomic E-state index is 12.1. The first-order chi connectivity index (χ1) is 12.6. The second-order valence-electron chi connectivity index (χ2n) is 5.22.